The molecule has 1 unspecified atom stereocenters. The smallest absolute Gasteiger partial charge is 0.241 e. The van der Waals surface area contributed by atoms with E-state index >= 15 is 0 Å². The molecule has 0 saturated carbocycles. The van der Waals surface area contributed by atoms with Gasteiger partial charge in [-0.3, -0.25) is 9.48 Å². The van der Waals surface area contributed by atoms with Gasteiger partial charge in [-0.1, -0.05) is 30.3 Å². The van der Waals surface area contributed by atoms with Crippen LogP contribution in [0, 0.1) is 0 Å². The standard InChI is InChI=1S/C24H24N6O2/c1-30-13-17(22(29-30)15-7-4-3-5-8-15)23-16-11-20(28-24(31)18-9-6-10-25-18)21(32-2)12-19(16)26-14-27-23/h3-5,7-8,11-14,18,25H,6,9-10H2,1-2H3,(H,28,31). The lowest BCUT2D eigenvalue weighted by molar-refractivity contribution is -0.117. The maximum Gasteiger partial charge on any atom is 0.241 e. The number of hydrogen-bond acceptors (Lipinski definition) is 6. The van der Waals surface area contributed by atoms with Crippen LogP contribution in [-0.2, 0) is 11.8 Å². The van der Waals surface area contributed by atoms with Crippen LogP contribution in [0.4, 0.5) is 5.69 Å². The summed E-state index contributed by atoms with van der Waals surface area (Å²) in [4.78, 5) is 21.8. The lowest BCUT2D eigenvalue weighted by atomic mass is 10.0. The molecule has 5 rings (SSSR count). The first-order chi connectivity index (χ1) is 15.6. The summed E-state index contributed by atoms with van der Waals surface area (Å²) in [6.45, 7) is 0.855. The highest BCUT2D eigenvalue weighted by Crippen LogP contribution is 2.37. The van der Waals surface area contributed by atoms with E-state index in [2.05, 4.69) is 25.7 Å². The summed E-state index contributed by atoms with van der Waals surface area (Å²) in [6, 6.07) is 13.5. The number of fused-ring (bicyclic) bond motifs is 1. The van der Waals surface area contributed by atoms with Crippen LogP contribution in [0.5, 0.6) is 5.75 Å². The van der Waals surface area contributed by atoms with Gasteiger partial charge in [0, 0.05) is 35.8 Å². The molecule has 1 amide bonds. The quantitative estimate of drug-likeness (QED) is 0.506. The topological polar surface area (TPSA) is 94.0 Å². The van der Waals surface area contributed by atoms with Gasteiger partial charge in [-0.25, -0.2) is 9.97 Å². The molecule has 1 saturated heterocycles. The zero-order valence-corrected chi connectivity index (χ0v) is 18.0. The Morgan fingerprint density at radius 2 is 2.03 bits per heavy atom. The third-order valence-electron chi connectivity index (χ3n) is 5.72. The van der Waals surface area contributed by atoms with Gasteiger partial charge in [0.2, 0.25) is 5.91 Å². The van der Waals surface area contributed by atoms with E-state index in [-0.39, 0.29) is 11.9 Å². The minimum absolute atomic E-state index is 0.0649. The third-order valence-corrected chi connectivity index (χ3v) is 5.72. The zero-order valence-electron chi connectivity index (χ0n) is 18.0. The van der Waals surface area contributed by atoms with E-state index in [4.69, 9.17) is 4.74 Å². The average molecular weight is 428 g/mol. The first-order valence-corrected chi connectivity index (χ1v) is 10.6. The monoisotopic (exact) mass is 428 g/mol. The molecule has 8 nitrogen and oxygen atoms in total. The Hall–Kier alpha value is -3.78. The summed E-state index contributed by atoms with van der Waals surface area (Å²) in [7, 11) is 3.48. The van der Waals surface area contributed by atoms with Crippen molar-refractivity contribution in [3.05, 3.63) is 55.0 Å². The maximum absolute atomic E-state index is 12.7. The predicted molar refractivity (Wildman–Crippen MR) is 123 cm³/mol. The Morgan fingerprint density at radius 3 is 2.78 bits per heavy atom. The van der Waals surface area contributed by atoms with Gasteiger partial charge in [-0.2, -0.15) is 5.10 Å². The number of carbonyl (C=O) groups excluding carboxylic acids is 1. The van der Waals surface area contributed by atoms with Crippen molar-refractivity contribution < 1.29 is 9.53 Å². The van der Waals surface area contributed by atoms with E-state index in [1.807, 2.05) is 55.7 Å². The minimum atomic E-state index is -0.190. The predicted octanol–water partition coefficient (Wildman–Crippen LogP) is 3.40. The number of rotatable bonds is 5. The van der Waals surface area contributed by atoms with Crippen molar-refractivity contribution in [3.63, 3.8) is 0 Å². The number of aryl methyl sites for hydroxylation is 1. The molecule has 1 aliphatic heterocycles. The van der Waals surface area contributed by atoms with Gasteiger partial charge >= 0.3 is 0 Å². The highest BCUT2D eigenvalue weighted by Gasteiger charge is 2.24. The normalized spacial score (nSPS) is 15.8. The second-order valence-electron chi connectivity index (χ2n) is 7.86. The molecule has 4 aromatic rings. The van der Waals surface area contributed by atoms with Gasteiger partial charge in [0.25, 0.3) is 0 Å². The zero-order chi connectivity index (χ0) is 22.1. The van der Waals surface area contributed by atoms with E-state index in [1.165, 1.54) is 0 Å². The summed E-state index contributed by atoms with van der Waals surface area (Å²) in [5.41, 5.74) is 4.81. The van der Waals surface area contributed by atoms with Crippen molar-refractivity contribution in [2.24, 2.45) is 7.05 Å². The summed E-state index contributed by atoms with van der Waals surface area (Å²) < 4.78 is 7.33. The molecule has 1 aliphatic rings. The van der Waals surface area contributed by atoms with Crippen LogP contribution in [0.1, 0.15) is 12.8 Å². The molecule has 2 aromatic heterocycles. The van der Waals surface area contributed by atoms with E-state index < -0.39 is 0 Å². The van der Waals surface area contributed by atoms with Crippen molar-refractivity contribution >= 4 is 22.5 Å². The molecule has 0 radical (unpaired) electrons. The highest BCUT2D eigenvalue weighted by atomic mass is 16.5. The van der Waals surface area contributed by atoms with Crippen LogP contribution in [0.3, 0.4) is 0 Å². The molecule has 2 aromatic carbocycles. The molecule has 1 atom stereocenters. The fraction of sp³-hybridized carbons (Fsp3) is 0.250. The molecule has 2 N–H and O–H groups in total. The number of amides is 1. The van der Waals surface area contributed by atoms with E-state index in [0.717, 1.165) is 52.8 Å². The summed E-state index contributed by atoms with van der Waals surface area (Å²) >= 11 is 0. The second kappa shape index (κ2) is 8.39. The summed E-state index contributed by atoms with van der Waals surface area (Å²) in [5.74, 6) is 0.493. The molecule has 0 aliphatic carbocycles. The fourth-order valence-electron chi connectivity index (χ4n) is 4.16. The first kappa shape index (κ1) is 20.1. The first-order valence-electron chi connectivity index (χ1n) is 10.6. The molecule has 1 fully saturated rings. The van der Waals surface area contributed by atoms with Crippen molar-refractivity contribution in [3.8, 4) is 28.3 Å². The Morgan fingerprint density at radius 1 is 1.19 bits per heavy atom. The SMILES string of the molecule is COc1cc2ncnc(-c3cn(C)nc3-c3ccccc3)c2cc1NC(=O)C1CCCN1. The molecule has 0 spiro atoms. The molecule has 8 heteroatoms. The number of nitrogens with one attached hydrogen (secondary N) is 2. The second-order valence-corrected chi connectivity index (χ2v) is 7.86. The van der Waals surface area contributed by atoms with Gasteiger partial charge in [-0.15, -0.1) is 0 Å². The van der Waals surface area contributed by atoms with Crippen molar-refractivity contribution in [1.82, 2.24) is 25.1 Å². The van der Waals surface area contributed by atoms with Gasteiger partial charge in [0.1, 0.15) is 17.8 Å². The molecular formula is C24H24N6O2. The fourth-order valence-corrected chi connectivity index (χ4v) is 4.16. The number of anilines is 1. The average Bonchev–Trinajstić information content (AvgIpc) is 3.49. The minimum Gasteiger partial charge on any atom is -0.494 e. The number of benzene rings is 2. The summed E-state index contributed by atoms with van der Waals surface area (Å²) in [6.07, 6.45) is 5.31. The maximum atomic E-state index is 12.7. The lowest BCUT2D eigenvalue weighted by Gasteiger charge is -2.15. The Bertz CT molecular complexity index is 1280. The Kier molecular flexibility index (Phi) is 5.28. The van der Waals surface area contributed by atoms with Crippen LogP contribution in [0.15, 0.2) is 55.0 Å². The van der Waals surface area contributed by atoms with Crippen molar-refractivity contribution in [1.29, 1.82) is 0 Å². The van der Waals surface area contributed by atoms with Crippen LogP contribution in [-0.4, -0.2) is 45.4 Å². The summed E-state index contributed by atoms with van der Waals surface area (Å²) in [5, 5.41) is 11.7. The Labute approximate surface area is 185 Å². The van der Waals surface area contributed by atoms with E-state index in [1.54, 1.807) is 18.1 Å². The van der Waals surface area contributed by atoms with Crippen molar-refractivity contribution in [2.75, 3.05) is 19.0 Å². The molecule has 3 heterocycles. The van der Waals surface area contributed by atoms with Gasteiger partial charge < -0.3 is 15.4 Å². The number of methoxy groups -OCH3 is 1. The molecule has 0 bridgehead atoms. The number of carbonyl (C=O) groups is 1. The van der Waals surface area contributed by atoms with Crippen LogP contribution < -0.4 is 15.4 Å². The molecular weight excluding hydrogens is 404 g/mol. The van der Waals surface area contributed by atoms with Crippen LogP contribution in [0.2, 0.25) is 0 Å². The number of ether oxygens (including phenoxy) is 1. The highest BCUT2D eigenvalue weighted by molar-refractivity contribution is 6.02. The van der Waals surface area contributed by atoms with Crippen LogP contribution in [0.25, 0.3) is 33.4 Å². The van der Waals surface area contributed by atoms with Crippen molar-refractivity contribution in [2.45, 2.75) is 18.9 Å². The molecule has 162 valence electrons. The van der Waals surface area contributed by atoms with E-state index in [0.29, 0.717) is 11.4 Å². The number of nitrogens with zero attached hydrogens (tertiary/aromatic N) is 4. The Balaban J connectivity index is 1.63. The largest absolute Gasteiger partial charge is 0.494 e. The van der Waals surface area contributed by atoms with Crippen LogP contribution >= 0.6 is 0 Å². The van der Waals surface area contributed by atoms with Gasteiger partial charge in [0.05, 0.1) is 30.0 Å². The third kappa shape index (κ3) is 3.69. The van der Waals surface area contributed by atoms with Gasteiger partial charge in [-0.05, 0) is 25.5 Å². The molecule has 32 heavy (non-hydrogen) atoms. The number of aromatic nitrogens is 4. The van der Waals surface area contributed by atoms with Gasteiger partial charge in [0.15, 0.2) is 0 Å². The lowest BCUT2D eigenvalue weighted by Crippen LogP contribution is -2.35. The van der Waals surface area contributed by atoms with E-state index in [9.17, 15) is 4.79 Å². The number of hydrogen-bond donors (Lipinski definition) is 2.